The summed E-state index contributed by atoms with van der Waals surface area (Å²) < 4.78 is 29.0. The van der Waals surface area contributed by atoms with Gasteiger partial charge in [0.1, 0.15) is 16.7 Å². The van der Waals surface area contributed by atoms with Crippen molar-refractivity contribution in [1.29, 1.82) is 0 Å². The van der Waals surface area contributed by atoms with Crippen LogP contribution in [0.2, 0.25) is 0 Å². The van der Waals surface area contributed by atoms with Crippen molar-refractivity contribution in [3.63, 3.8) is 0 Å². The minimum atomic E-state index is -1.04. The van der Waals surface area contributed by atoms with Gasteiger partial charge in [-0.2, -0.15) is 14.2 Å². The molecule has 0 amide bonds. The third-order valence-corrected chi connectivity index (χ3v) is 7.42. The van der Waals surface area contributed by atoms with E-state index in [1.54, 1.807) is 0 Å². The Bertz CT molecular complexity index is 1880. The van der Waals surface area contributed by atoms with Crippen LogP contribution in [0.1, 0.15) is 62.1 Å². The number of hydrogen-bond donors (Lipinski definition) is 0. The molecule has 0 spiro atoms. The van der Waals surface area contributed by atoms with Gasteiger partial charge in [0.2, 0.25) is 17.1 Å². The van der Waals surface area contributed by atoms with Crippen molar-refractivity contribution in [2.45, 2.75) is 0 Å². The van der Waals surface area contributed by atoms with Crippen molar-refractivity contribution < 1.29 is 71.4 Å². The van der Waals surface area contributed by atoms with E-state index in [2.05, 4.69) is 14.2 Å². The smallest absolute Gasteiger partial charge is 0.344 e. The Morgan fingerprint density at radius 3 is 0.765 bits per heavy atom. The first-order valence-electron chi connectivity index (χ1n) is 14.2. The fourth-order valence-corrected chi connectivity index (χ4v) is 4.96. The molecule has 1 aromatic carbocycles. The number of esters is 6. The largest absolute Gasteiger partial charge is 0.618 e. The van der Waals surface area contributed by atoms with Gasteiger partial charge in [0, 0.05) is 34.9 Å². The lowest BCUT2D eigenvalue weighted by Crippen LogP contribution is -2.34. The van der Waals surface area contributed by atoms with Gasteiger partial charge in [-0.05, 0) is 18.2 Å². The van der Waals surface area contributed by atoms with E-state index in [-0.39, 0.29) is 64.7 Å². The molecule has 0 saturated heterocycles. The van der Waals surface area contributed by atoms with Gasteiger partial charge in [0.15, 0.2) is 18.6 Å². The molecule has 0 aliphatic carbocycles. The van der Waals surface area contributed by atoms with Crippen molar-refractivity contribution in [3.05, 3.63) is 104 Å². The van der Waals surface area contributed by atoms with E-state index in [1.165, 1.54) is 18.2 Å². The van der Waals surface area contributed by atoms with Gasteiger partial charge in [-0.15, -0.1) is 0 Å². The monoisotopic (exact) mass is 705 g/mol. The summed E-state index contributed by atoms with van der Waals surface area (Å²) in [5.74, 6) is -6.18. The van der Waals surface area contributed by atoms with Crippen LogP contribution in [-0.4, -0.2) is 78.5 Å². The van der Waals surface area contributed by atoms with Crippen molar-refractivity contribution in [2.75, 3.05) is 42.7 Å². The molecule has 51 heavy (non-hydrogen) atoms. The number of methoxy groups -OCH3 is 6. The second-order valence-corrected chi connectivity index (χ2v) is 10.2. The minimum Gasteiger partial charge on any atom is -0.618 e. The average Bonchev–Trinajstić information content (AvgIpc) is 3.15. The van der Waals surface area contributed by atoms with E-state index < -0.39 is 52.5 Å². The quantitative estimate of drug-likeness (QED) is 0.103. The predicted molar refractivity (Wildman–Crippen MR) is 168 cm³/mol. The summed E-state index contributed by atoms with van der Waals surface area (Å²) in [6.45, 7) is 0. The number of carbonyl (C=O) groups excluding carboxylic acids is 6. The zero-order valence-corrected chi connectivity index (χ0v) is 27.7. The highest BCUT2D eigenvalue weighted by Gasteiger charge is 2.31. The van der Waals surface area contributed by atoms with Gasteiger partial charge in [-0.25, -0.2) is 28.8 Å². The first-order valence-corrected chi connectivity index (χ1v) is 14.2. The third-order valence-electron chi connectivity index (χ3n) is 7.42. The van der Waals surface area contributed by atoms with Crippen LogP contribution in [0.5, 0.6) is 0 Å². The summed E-state index contributed by atoms with van der Waals surface area (Å²) in [5, 5.41) is 40.3. The van der Waals surface area contributed by atoms with Crippen molar-refractivity contribution in [2.24, 2.45) is 0 Å². The Morgan fingerprint density at radius 1 is 0.373 bits per heavy atom. The summed E-state index contributed by atoms with van der Waals surface area (Å²) in [4.78, 5) is 75.4. The Balaban J connectivity index is 2.16. The highest BCUT2D eigenvalue weighted by molar-refractivity contribution is 6.05. The third kappa shape index (κ3) is 7.05. The van der Waals surface area contributed by atoms with Crippen molar-refractivity contribution in [3.8, 4) is 33.8 Å². The lowest BCUT2D eigenvalue weighted by Gasteiger charge is -2.15. The Labute approximate surface area is 287 Å². The molecule has 4 rings (SSSR count). The second kappa shape index (κ2) is 15.0. The minimum absolute atomic E-state index is 0.0904. The molecular weight excluding hydrogens is 678 g/mol. The summed E-state index contributed by atoms with van der Waals surface area (Å²) in [7, 11) is 6.19. The van der Waals surface area contributed by atoms with Gasteiger partial charge >= 0.3 is 35.8 Å². The molecule has 4 aromatic rings. The maximum Gasteiger partial charge on any atom is 0.344 e. The molecule has 0 atom stereocenters. The van der Waals surface area contributed by atoms with Crippen LogP contribution >= 0.6 is 0 Å². The molecule has 0 radical (unpaired) electrons. The molecule has 3 aromatic heterocycles. The molecule has 0 fully saturated rings. The van der Waals surface area contributed by atoms with Crippen LogP contribution in [0.3, 0.4) is 0 Å². The van der Waals surface area contributed by atoms with Crippen LogP contribution in [0.4, 0.5) is 0 Å². The van der Waals surface area contributed by atoms with Gasteiger partial charge in [0.25, 0.3) is 0 Å². The summed E-state index contributed by atoms with van der Waals surface area (Å²) in [5.41, 5.74) is -3.73. The van der Waals surface area contributed by atoms with Gasteiger partial charge in [-0.1, -0.05) is 0 Å². The fraction of sp³-hybridized carbons (Fsp3) is 0.182. The standard InChI is InChI=1S/C33H27N3O15/c1-46-28(37)19-10-25(34(43)13-22(19)31(40)49-4)16-7-17(26-11-20(29(38)47-2)23(14-35(26)44)32(41)50-5)9-18(8-16)27-12-21(30(39)48-3)24(15-36(27)45)33(42)51-6/h7-15H,1-6H3. The van der Waals surface area contributed by atoms with Crippen molar-refractivity contribution >= 4 is 35.8 Å². The Morgan fingerprint density at radius 2 is 0.569 bits per heavy atom. The second-order valence-electron chi connectivity index (χ2n) is 10.2. The molecule has 0 aliphatic heterocycles. The number of pyridine rings is 3. The molecule has 0 N–H and O–H groups in total. The fourth-order valence-electron chi connectivity index (χ4n) is 4.96. The van der Waals surface area contributed by atoms with Crippen LogP contribution in [0.15, 0.2) is 55.0 Å². The van der Waals surface area contributed by atoms with Crippen LogP contribution in [0, 0.1) is 15.6 Å². The maximum absolute atomic E-state index is 13.4. The average molecular weight is 706 g/mol. The SMILES string of the molecule is COC(=O)c1cc(-c2cc(-c3cc(C(=O)OC)c(C(=O)OC)c[n+]3[O-])cc(-c3cc(C(=O)OC)c(C(=O)OC)c[n+]3[O-])c2)[n+]([O-])cc1C(=O)OC. The van der Waals surface area contributed by atoms with E-state index in [0.717, 1.165) is 79.4 Å². The first-order chi connectivity index (χ1) is 24.2. The van der Waals surface area contributed by atoms with Gasteiger partial charge in [0.05, 0.1) is 59.3 Å². The molecule has 0 aliphatic rings. The first kappa shape index (κ1) is 36.7. The Hall–Kier alpha value is -7.11. The van der Waals surface area contributed by atoms with Gasteiger partial charge < -0.3 is 44.0 Å². The summed E-state index contributed by atoms with van der Waals surface area (Å²) in [6, 6.07) is 6.79. The van der Waals surface area contributed by atoms with E-state index in [1.807, 2.05) is 0 Å². The summed E-state index contributed by atoms with van der Waals surface area (Å²) >= 11 is 0. The molecule has 0 unspecified atom stereocenters. The normalized spacial score (nSPS) is 10.5. The zero-order chi connectivity index (χ0) is 37.7. The van der Waals surface area contributed by atoms with Crippen LogP contribution in [-0.2, 0) is 28.4 Å². The lowest BCUT2D eigenvalue weighted by molar-refractivity contribution is -0.594. The van der Waals surface area contributed by atoms with Crippen LogP contribution < -0.4 is 14.2 Å². The number of aromatic nitrogens is 3. The topological polar surface area (TPSA) is 239 Å². The maximum atomic E-state index is 13.4. The lowest BCUT2D eigenvalue weighted by atomic mass is 9.95. The summed E-state index contributed by atoms with van der Waals surface area (Å²) in [6.07, 6.45) is 2.26. The molecule has 3 heterocycles. The number of rotatable bonds is 9. The number of nitrogens with zero attached hydrogens (tertiary/aromatic N) is 3. The molecule has 0 saturated carbocycles. The molecular formula is C33H27N3O15. The van der Waals surface area contributed by atoms with E-state index in [4.69, 9.17) is 14.2 Å². The number of hydrogen-bond acceptors (Lipinski definition) is 15. The molecule has 18 heteroatoms. The Kier molecular flexibility index (Phi) is 10.8. The highest BCUT2D eigenvalue weighted by Crippen LogP contribution is 2.32. The van der Waals surface area contributed by atoms with Crippen molar-refractivity contribution in [1.82, 2.24) is 0 Å². The predicted octanol–water partition coefficient (Wildman–Crippen LogP) is 1.31. The van der Waals surface area contributed by atoms with Gasteiger partial charge in [-0.3, -0.25) is 0 Å². The van der Waals surface area contributed by atoms with E-state index in [9.17, 15) is 44.4 Å². The van der Waals surface area contributed by atoms with E-state index >= 15 is 0 Å². The van der Waals surface area contributed by atoms with Crippen LogP contribution in [0.25, 0.3) is 33.8 Å². The molecule has 264 valence electrons. The number of carbonyl (C=O) groups is 6. The number of benzene rings is 1. The molecule has 18 nitrogen and oxygen atoms in total. The molecule has 0 bridgehead atoms. The number of ether oxygens (including phenoxy) is 6. The van der Waals surface area contributed by atoms with E-state index in [0.29, 0.717) is 0 Å². The zero-order valence-electron chi connectivity index (χ0n) is 27.7. The highest BCUT2D eigenvalue weighted by atomic mass is 16.5.